The zero-order chi connectivity index (χ0) is 21.9. The van der Waals surface area contributed by atoms with Gasteiger partial charge in [0.25, 0.3) is 0 Å². The van der Waals surface area contributed by atoms with Crippen molar-refractivity contribution in [2.45, 2.75) is 0 Å². The number of para-hydroxylation sites is 6. The topological polar surface area (TPSA) is 109 Å². The zero-order valence-electron chi connectivity index (χ0n) is 17.6. The van der Waals surface area contributed by atoms with E-state index in [1.807, 2.05) is 72.8 Å². The summed E-state index contributed by atoms with van der Waals surface area (Å²) >= 11 is 0. The summed E-state index contributed by atoms with van der Waals surface area (Å²) in [5.41, 5.74) is 19.7. The monoisotopic (exact) mass is 422 g/mol. The lowest BCUT2D eigenvalue weighted by Gasteiger charge is -2.23. The summed E-state index contributed by atoms with van der Waals surface area (Å²) in [4.78, 5) is 2.21. The molecule has 0 spiro atoms. The molecule has 3 rings (SSSR count). The molecule has 0 amide bonds. The van der Waals surface area contributed by atoms with Crippen LogP contribution in [0.15, 0.2) is 72.8 Å². The molecule has 0 aliphatic rings. The third-order valence-electron chi connectivity index (χ3n) is 4.75. The number of nitrogens with two attached hydrogens (primary N) is 3. The molecule has 0 heterocycles. The highest BCUT2D eigenvalue weighted by molar-refractivity contribution is 5.53. The molecule has 0 atom stereocenters. The van der Waals surface area contributed by atoms with Gasteiger partial charge in [0.1, 0.15) is 37.1 Å². The molecule has 0 bridgehead atoms. The van der Waals surface area contributed by atoms with E-state index in [2.05, 4.69) is 4.90 Å². The van der Waals surface area contributed by atoms with Crippen LogP contribution in [0.4, 0.5) is 17.1 Å². The zero-order valence-corrected chi connectivity index (χ0v) is 17.6. The molecule has 0 unspecified atom stereocenters. The Morgan fingerprint density at radius 2 is 0.774 bits per heavy atom. The normalized spacial score (nSPS) is 10.7. The van der Waals surface area contributed by atoms with Crippen molar-refractivity contribution in [3.63, 3.8) is 0 Å². The van der Waals surface area contributed by atoms with Gasteiger partial charge in [-0.1, -0.05) is 36.4 Å². The largest absolute Gasteiger partial charge is 0.490 e. The molecule has 6 N–H and O–H groups in total. The molecule has 31 heavy (non-hydrogen) atoms. The average Bonchev–Trinajstić information content (AvgIpc) is 2.77. The van der Waals surface area contributed by atoms with Gasteiger partial charge in [-0.15, -0.1) is 0 Å². The highest BCUT2D eigenvalue weighted by Gasteiger charge is 2.09. The molecular weight excluding hydrogens is 392 g/mol. The van der Waals surface area contributed by atoms with E-state index in [0.717, 1.165) is 0 Å². The lowest BCUT2D eigenvalue weighted by Crippen LogP contribution is -2.35. The van der Waals surface area contributed by atoms with Crippen molar-refractivity contribution in [1.82, 2.24) is 4.90 Å². The minimum Gasteiger partial charge on any atom is -0.490 e. The van der Waals surface area contributed by atoms with Crippen molar-refractivity contribution in [2.75, 3.05) is 56.7 Å². The summed E-state index contributed by atoms with van der Waals surface area (Å²) in [5, 5.41) is 0. The Balaban J connectivity index is 1.51. The SMILES string of the molecule is Nc1ccccc1OCCN(CCOc1ccccc1N)CCOc1ccccc1N. The van der Waals surface area contributed by atoms with Crippen LogP contribution in [0.1, 0.15) is 0 Å². The van der Waals surface area contributed by atoms with Crippen LogP contribution in [0, 0.1) is 0 Å². The van der Waals surface area contributed by atoms with E-state index in [9.17, 15) is 0 Å². The molecule has 164 valence electrons. The molecule has 3 aromatic carbocycles. The second kappa shape index (κ2) is 11.6. The van der Waals surface area contributed by atoms with E-state index < -0.39 is 0 Å². The van der Waals surface area contributed by atoms with Crippen molar-refractivity contribution in [1.29, 1.82) is 0 Å². The number of hydrogen-bond acceptors (Lipinski definition) is 7. The standard InChI is InChI=1S/C24H30N4O3/c25-19-7-1-4-10-22(19)29-16-13-28(14-17-30-23-11-5-2-8-20(23)26)15-18-31-24-12-6-3-9-21(24)27/h1-12H,13-18,25-27H2. The third-order valence-corrected chi connectivity index (χ3v) is 4.75. The van der Waals surface area contributed by atoms with Crippen molar-refractivity contribution < 1.29 is 14.2 Å². The first-order valence-electron chi connectivity index (χ1n) is 10.3. The molecule has 0 saturated heterocycles. The quantitative estimate of drug-likeness (QED) is 0.384. The van der Waals surface area contributed by atoms with Crippen LogP contribution < -0.4 is 31.4 Å². The summed E-state index contributed by atoms with van der Waals surface area (Å²) in [6.45, 7) is 3.56. The highest BCUT2D eigenvalue weighted by Crippen LogP contribution is 2.21. The van der Waals surface area contributed by atoms with Crippen LogP contribution in [0.5, 0.6) is 17.2 Å². The number of nitrogens with zero attached hydrogens (tertiary/aromatic N) is 1. The first-order valence-corrected chi connectivity index (χ1v) is 10.3. The van der Waals surface area contributed by atoms with E-state index >= 15 is 0 Å². The van der Waals surface area contributed by atoms with Gasteiger partial charge in [-0.05, 0) is 36.4 Å². The molecule has 7 nitrogen and oxygen atoms in total. The van der Waals surface area contributed by atoms with Crippen LogP contribution in [0.2, 0.25) is 0 Å². The Bertz CT molecular complexity index is 829. The number of anilines is 3. The van der Waals surface area contributed by atoms with Gasteiger partial charge in [0.2, 0.25) is 0 Å². The Labute approximate surface area is 183 Å². The van der Waals surface area contributed by atoms with Crippen molar-refractivity contribution in [3.8, 4) is 17.2 Å². The van der Waals surface area contributed by atoms with Crippen LogP contribution in [0.25, 0.3) is 0 Å². The van der Waals surface area contributed by atoms with Gasteiger partial charge in [0.05, 0.1) is 17.1 Å². The van der Waals surface area contributed by atoms with Gasteiger partial charge in [0, 0.05) is 19.6 Å². The van der Waals surface area contributed by atoms with E-state index in [1.54, 1.807) is 0 Å². The predicted octanol–water partition coefficient (Wildman–Crippen LogP) is 3.27. The van der Waals surface area contributed by atoms with E-state index in [0.29, 0.717) is 73.8 Å². The fourth-order valence-electron chi connectivity index (χ4n) is 3.03. The number of ether oxygens (including phenoxy) is 3. The highest BCUT2D eigenvalue weighted by atomic mass is 16.5. The number of hydrogen-bond donors (Lipinski definition) is 3. The van der Waals surface area contributed by atoms with Gasteiger partial charge in [-0.25, -0.2) is 0 Å². The van der Waals surface area contributed by atoms with Crippen LogP contribution in [0.3, 0.4) is 0 Å². The maximum atomic E-state index is 5.95. The van der Waals surface area contributed by atoms with Crippen molar-refractivity contribution >= 4 is 17.1 Å². The smallest absolute Gasteiger partial charge is 0.142 e. The Hall–Kier alpha value is -3.58. The Morgan fingerprint density at radius 3 is 1.06 bits per heavy atom. The maximum absolute atomic E-state index is 5.95. The van der Waals surface area contributed by atoms with Crippen molar-refractivity contribution in [3.05, 3.63) is 72.8 Å². The molecular formula is C24H30N4O3. The number of rotatable bonds is 12. The van der Waals surface area contributed by atoms with Gasteiger partial charge in [-0.3, -0.25) is 4.90 Å². The summed E-state index contributed by atoms with van der Waals surface area (Å²) in [7, 11) is 0. The van der Waals surface area contributed by atoms with Gasteiger partial charge in [-0.2, -0.15) is 0 Å². The molecule has 0 radical (unpaired) electrons. The predicted molar refractivity (Wildman–Crippen MR) is 125 cm³/mol. The molecule has 0 aromatic heterocycles. The molecule has 7 heteroatoms. The first-order chi connectivity index (χ1) is 15.1. The maximum Gasteiger partial charge on any atom is 0.142 e. The Morgan fingerprint density at radius 1 is 0.484 bits per heavy atom. The molecule has 0 saturated carbocycles. The van der Waals surface area contributed by atoms with Crippen LogP contribution in [-0.2, 0) is 0 Å². The molecule has 3 aromatic rings. The minimum atomic E-state index is 0.495. The van der Waals surface area contributed by atoms with Gasteiger partial charge >= 0.3 is 0 Å². The lowest BCUT2D eigenvalue weighted by atomic mass is 10.3. The van der Waals surface area contributed by atoms with Gasteiger partial charge < -0.3 is 31.4 Å². The summed E-state index contributed by atoms with van der Waals surface area (Å²) < 4.78 is 17.5. The van der Waals surface area contributed by atoms with Crippen LogP contribution in [-0.4, -0.2) is 44.4 Å². The summed E-state index contributed by atoms with van der Waals surface area (Å²) in [6, 6.07) is 22.4. The second-order valence-corrected chi connectivity index (χ2v) is 7.00. The van der Waals surface area contributed by atoms with E-state index in [4.69, 9.17) is 31.4 Å². The average molecular weight is 423 g/mol. The minimum absolute atomic E-state index is 0.495. The fraction of sp³-hybridized carbons (Fsp3) is 0.250. The molecule has 0 aliphatic carbocycles. The van der Waals surface area contributed by atoms with Gasteiger partial charge in [0.15, 0.2) is 0 Å². The molecule has 0 fully saturated rings. The second-order valence-electron chi connectivity index (χ2n) is 7.00. The first kappa shape index (κ1) is 22.1. The summed E-state index contributed by atoms with van der Waals surface area (Å²) in [5.74, 6) is 2.05. The van der Waals surface area contributed by atoms with E-state index in [1.165, 1.54) is 0 Å². The fourth-order valence-corrected chi connectivity index (χ4v) is 3.03. The number of nitrogen functional groups attached to an aromatic ring is 3. The van der Waals surface area contributed by atoms with Crippen molar-refractivity contribution in [2.24, 2.45) is 0 Å². The summed E-state index contributed by atoms with van der Waals surface area (Å²) in [6.07, 6.45) is 0. The van der Waals surface area contributed by atoms with Crippen LogP contribution >= 0.6 is 0 Å². The lowest BCUT2D eigenvalue weighted by molar-refractivity contribution is 0.154. The molecule has 0 aliphatic heterocycles. The Kier molecular flexibility index (Phi) is 8.25. The third kappa shape index (κ3) is 7.01. The number of benzene rings is 3. The van der Waals surface area contributed by atoms with E-state index in [-0.39, 0.29) is 0 Å².